The van der Waals surface area contributed by atoms with E-state index in [1.165, 1.54) is 0 Å². The molecule has 2 rings (SSSR count). The summed E-state index contributed by atoms with van der Waals surface area (Å²) in [6, 6.07) is 3.58. The molecule has 0 heterocycles. The highest BCUT2D eigenvalue weighted by Crippen LogP contribution is 2.39. The van der Waals surface area contributed by atoms with E-state index in [0.717, 1.165) is 29.5 Å². The van der Waals surface area contributed by atoms with Crippen molar-refractivity contribution in [2.24, 2.45) is 0 Å². The molecule has 0 aromatic heterocycles. The molecule has 0 aliphatic heterocycles. The van der Waals surface area contributed by atoms with Gasteiger partial charge in [-0.3, -0.25) is 0 Å². The molecule has 3 heteroatoms. The summed E-state index contributed by atoms with van der Waals surface area (Å²) in [4.78, 5) is 11.0. The standard InChI is InChI=1S/C13H16O3/c1-8-5-9(2)11(12(14)15)6-10(8)7-13(16)3-4-13/h5-6,16H,3-4,7H2,1-2H3,(H,14,15). The van der Waals surface area contributed by atoms with Gasteiger partial charge in [-0.2, -0.15) is 0 Å². The first-order chi connectivity index (χ1) is 7.41. The van der Waals surface area contributed by atoms with Gasteiger partial charge in [-0.25, -0.2) is 4.79 Å². The topological polar surface area (TPSA) is 57.5 Å². The largest absolute Gasteiger partial charge is 0.478 e. The average molecular weight is 220 g/mol. The Kier molecular flexibility index (Phi) is 2.50. The van der Waals surface area contributed by atoms with Crippen molar-refractivity contribution < 1.29 is 15.0 Å². The molecule has 1 aliphatic rings. The van der Waals surface area contributed by atoms with Gasteiger partial charge in [-0.05, 0) is 49.4 Å². The van der Waals surface area contributed by atoms with Gasteiger partial charge in [0.15, 0.2) is 0 Å². The SMILES string of the molecule is Cc1cc(C)c(C(=O)O)cc1CC1(O)CC1. The number of rotatable bonds is 3. The van der Waals surface area contributed by atoms with Crippen molar-refractivity contribution in [3.63, 3.8) is 0 Å². The Morgan fingerprint density at radius 3 is 2.44 bits per heavy atom. The molecule has 1 fully saturated rings. The number of carboxylic acids is 1. The summed E-state index contributed by atoms with van der Waals surface area (Å²) in [5.41, 5.74) is 2.54. The Balaban J connectivity index is 2.37. The average Bonchev–Trinajstić information content (AvgIpc) is 2.88. The second-order valence-electron chi connectivity index (χ2n) is 4.80. The first-order valence-electron chi connectivity index (χ1n) is 5.47. The molecular weight excluding hydrogens is 204 g/mol. The van der Waals surface area contributed by atoms with E-state index in [4.69, 9.17) is 5.11 Å². The van der Waals surface area contributed by atoms with Crippen LogP contribution in [0.1, 0.15) is 39.9 Å². The zero-order chi connectivity index (χ0) is 11.9. The molecule has 0 amide bonds. The van der Waals surface area contributed by atoms with E-state index >= 15 is 0 Å². The van der Waals surface area contributed by atoms with Crippen LogP contribution in [-0.2, 0) is 6.42 Å². The number of carbonyl (C=O) groups is 1. The summed E-state index contributed by atoms with van der Waals surface area (Å²) in [5, 5.41) is 18.9. The highest BCUT2D eigenvalue weighted by Gasteiger charge is 2.40. The third kappa shape index (κ3) is 2.09. The first kappa shape index (κ1) is 11.1. The molecule has 1 aromatic carbocycles. The number of benzene rings is 1. The molecule has 3 nitrogen and oxygen atoms in total. The Hall–Kier alpha value is -1.35. The van der Waals surface area contributed by atoms with E-state index in [1.807, 2.05) is 13.0 Å². The monoisotopic (exact) mass is 220 g/mol. The molecule has 2 N–H and O–H groups in total. The summed E-state index contributed by atoms with van der Waals surface area (Å²) < 4.78 is 0. The van der Waals surface area contributed by atoms with Gasteiger partial charge in [0.2, 0.25) is 0 Å². The molecule has 0 atom stereocenters. The minimum absolute atomic E-state index is 0.338. The summed E-state index contributed by atoms with van der Waals surface area (Å²) in [6.07, 6.45) is 2.21. The molecule has 0 spiro atoms. The van der Waals surface area contributed by atoms with Crippen LogP contribution in [0.2, 0.25) is 0 Å². The van der Waals surface area contributed by atoms with Crippen LogP contribution >= 0.6 is 0 Å². The van der Waals surface area contributed by atoms with Crippen molar-refractivity contribution >= 4 is 5.97 Å². The Morgan fingerprint density at radius 2 is 1.94 bits per heavy atom. The molecule has 1 aromatic rings. The van der Waals surface area contributed by atoms with Crippen LogP contribution in [0, 0.1) is 13.8 Å². The fraction of sp³-hybridized carbons (Fsp3) is 0.462. The number of aliphatic hydroxyl groups is 1. The van der Waals surface area contributed by atoms with Crippen LogP contribution in [0.25, 0.3) is 0 Å². The number of hydrogen-bond donors (Lipinski definition) is 2. The van der Waals surface area contributed by atoms with Gasteiger partial charge in [-0.15, -0.1) is 0 Å². The lowest BCUT2D eigenvalue weighted by Crippen LogP contribution is -2.13. The van der Waals surface area contributed by atoms with Crippen LogP contribution in [0.15, 0.2) is 12.1 Å². The number of hydrogen-bond acceptors (Lipinski definition) is 2. The minimum Gasteiger partial charge on any atom is -0.478 e. The van der Waals surface area contributed by atoms with Crippen LogP contribution in [0.3, 0.4) is 0 Å². The van der Waals surface area contributed by atoms with Gasteiger partial charge >= 0.3 is 5.97 Å². The second-order valence-corrected chi connectivity index (χ2v) is 4.80. The summed E-state index contributed by atoms with van der Waals surface area (Å²) in [5.74, 6) is -0.901. The maximum absolute atomic E-state index is 11.0. The van der Waals surface area contributed by atoms with Crippen LogP contribution in [-0.4, -0.2) is 21.8 Å². The summed E-state index contributed by atoms with van der Waals surface area (Å²) in [7, 11) is 0. The molecule has 0 unspecified atom stereocenters. The minimum atomic E-state index is -0.901. The van der Waals surface area contributed by atoms with Crippen molar-refractivity contribution in [3.8, 4) is 0 Å². The van der Waals surface area contributed by atoms with Gasteiger partial charge in [0, 0.05) is 6.42 Å². The number of aryl methyl sites for hydroxylation is 2. The zero-order valence-corrected chi connectivity index (χ0v) is 9.58. The first-order valence-corrected chi connectivity index (χ1v) is 5.47. The lowest BCUT2D eigenvalue weighted by Gasteiger charge is -2.13. The third-order valence-corrected chi connectivity index (χ3v) is 3.26. The van der Waals surface area contributed by atoms with Crippen molar-refractivity contribution in [1.29, 1.82) is 0 Å². The smallest absolute Gasteiger partial charge is 0.335 e. The lowest BCUT2D eigenvalue weighted by atomic mass is 9.95. The maximum atomic E-state index is 11.0. The molecule has 16 heavy (non-hydrogen) atoms. The number of carboxylic acid groups (broad SMARTS) is 1. The third-order valence-electron chi connectivity index (χ3n) is 3.26. The molecule has 86 valence electrons. The zero-order valence-electron chi connectivity index (χ0n) is 9.58. The van der Waals surface area contributed by atoms with Crippen LogP contribution in [0.4, 0.5) is 0 Å². The van der Waals surface area contributed by atoms with Crippen molar-refractivity contribution in [2.45, 2.75) is 38.7 Å². The van der Waals surface area contributed by atoms with Crippen molar-refractivity contribution in [1.82, 2.24) is 0 Å². The van der Waals surface area contributed by atoms with Gasteiger partial charge in [0.05, 0.1) is 11.2 Å². The fourth-order valence-electron chi connectivity index (χ4n) is 1.99. The van der Waals surface area contributed by atoms with Crippen LogP contribution < -0.4 is 0 Å². The Bertz CT molecular complexity index is 445. The normalized spacial score (nSPS) is 17.2. The molecular formula is C13H16O3. The summed E-state index contributed by atoms with van der Waals surface area (Å²) in [6.45, 7) is 3.76. The molecule has 0 bridgehead atoms. The van der Waals surface area contributed by atoms with Gasteiger partial charge in [0.1, 0.15) is 0 Å². The van der Waals surface area contributed by atoms with E-state index < -0.39 is 11.6 Å². The fourth-order valence-corrected chi connectivity index (χ4v) is 1.99. The van der Waals surface area contributed by atoms with Gasteiger partial charge < -0.3 is 10.2 Å². The molecule has 1 saturated carbocycles. The van der Waals surface area contributed by atoms with E-state index in [1.54, 1.807) is 13.0 Å². The van der Waals surface area contributed by atoms with E-state index in [2.05, 4.69) is 0 Å². The lowest BCUT2D eigenvalue weighted by molar-refractivity contribution is 0.0695. The van der Waals surface area contributed by atoms with Crippen molar-refractivity contribution in [2.75, 3.05) is 0 Å². The van der Waals surface area contributed by atoms with E-state index in [-0.39, 0.29) is 0 Å². The van der Waals surface area contributed by atoms with Crippen LogP contribution in [0.5, 0.6) is 0 Å². The number of aromatic carboxylic acids is 1. The molecule has 1 aliphatic carbocycles. The van der Waals surface area contributed by atoms with Gasteiger partial charge in [0.25, 0.3) is 0 Å². The van der Waals surface area contributed by atoms with E-state index in [0.29, 0.717) is 12.0 Å². The highest BCUT2D eigenvalue weighted by molar-refractivity contribution is 5.89. The second kappa shape index (κ2) is 3.59. The Labute approximate surface area is 94.7 Å². The quantitative estimate of drug-likeness (QED) is 0.819. The molecule has 0 saturated heterocycles. The van der Waals surface area contributed by atoms with E-state index in [9.17, 15) is 9.90 Å². The van der Waals surface area contributed by atoms with Gasteiger partial charge in [-0.1, -0.05) is 6.07 Å². The predicted molar refractivity (Wildman–Crippen MR) is 60.8 cm³/mol. The maximum Gasteiger partial charge on any atom is 0.335 e. The highest BCUT2D eigenvalue weighted by atomic mass is 16.4. The predicted octanol–water partition coefficient (Wildman–Crippen LogP) is 2.07. The Morgan fingerprint density at radius 1 is 1.31 bits per heavy atom. The summed E-state index contributed by atoms with van der Waals surface area (Å²) >= 11 is 0. The van der Waals surface area contributed by atoms with Crippen molar-refractivity contribution in [3.05, 3.63) is 34.4 Å². The molecule has 0 radical (unpaired) electrons.